The fourth-order valence-electron chi connectivity index (χ4n) is 6.96. The molecule has 0 bridgehead atoms. The van der Waals surface area contributed by atoms with Gasteiger partial charge in [-0.25, -0.2) is 0 Å². The summed E-state index contributed by atoms with van der Waals surface area (Å²) >= 11 is 0. The van der Waals surface area contributed by atoms with Crippen LogP contribution in [0.2, 0.25) is 0 Å². The Morgan fingerprint density at radius 3 is 1.69 bits per heavy atom. The standard InChI is InChI=1S/C26H43NO2/c28-25(22-13-11-21(12-14-22)20-7-3-1-4-8-20)19-27-17-15-24(16-18-27)26(29)23-9-5-2-6-10-23/h20-24H,1-19H2. The summed E-state index contributed by atoms with van der Waals surface area (Å²) in [6, 6.07) is 0. The van der Waals surface area contributed by atoms with Crippen LogP contribution in [0.25, 0.3) is 0 Å². The molecule has 164 valence electrons. The molecule has 3 nitrogen and oxygen atoms in total. The van der Waals surface area contributed by atoms with Crippen LogP contribution in [0.4, 0.5) is 0 Å². The van der Waals surface area contributed by atoms with Crippen molar-refractivity contribution in [2.45, 2.75) is 103 Å². The predicted molar refractivity (Wildman–Crippen MR) is 118 cm³/mol. The Balaban J connectivity index is 1.16. The summed E-state index contributed by atoms with van der Waals surface area (Å²) < 4.78 is 0. The number of ketones is 2. The number of piperidine rings is 1. The maximum Gasteiger partial charge on any atom is 0.149 e. The van der Waals surface area contributed by atoms with Crippen LogP contribution in [0.3, 0.4) is 0 Å². The molecule has 0 atom stereocenters. The smallest absolute Gasteiger partial charge is 0.149 e. The number of likely N-dealkylation sites (tertiary alicyclic amines) is 1. The zero-order valence-electron chi connectivity index (χ0n) is 18.6. The monoisotopic (exact) mass is 401 g/mol. The van der Waals surface area contributed by atoms with Crippen LogP contribution in [0.15, 0.2) is 0 Å². The van der Waals surface area contributed by atoms with Gasteiger partial charge in [0, 0.05) is 17.8 Å². The van der Waals surface area contributed by atoms with Gasteiger partial charge in [0.1, 0.15) is 11.6 Å². The molecule has 0 amide bonds. The lowest BCUT2D eigenvalue weighted by Gasteiger charge is -2.37. The maximum absolute atomic E-state index is 12.9. The second-order valence-corrected chi connectivity index (χ2v) is 10.8. The number of nitrogens with zero attached hydrogens (tertiary/aromatic N) is 1. The van der Waals surface area contributed by atoms with Gasteiger partial charge in [0.2, 0.25) is 0 Å². The van der Waals surface area contributed by atoms with E-state index in [2.05, 4.69) is 4.90 Å². The van der Waals surface area contributed by atoms with E-state index in [1.54, 1.807) is 0 Å². The third kappa shape index (κ3) is 5.71. The normalized spacial score (nSPS) is 31.6. The average molecular weight is 402 g/mol. The maximum atomic E-state index is 12.9. The zero-order chi connectivity index (χ0) is 20.1. The summed E-state index contributed by atoms with van der Waals surface area (Å²) in [6.07, 6.45) is 20.1. The summed E-state index contributed by atoms with van der Waals surface area (Å²) in [5.41, 5.74) is 0. The van der Waals surface area contributed by atoms with Gasteiger partial charge in [-0.3, -0.25) is 14.5 Å². The van der Waals surface area contributed by atoms with Gasteiger partial charge in [0.15, 0.2) is 0 Å². The van der Waals surface area contributed by atoms with Crippen LogP contribution in [-0.4, -0.2) is 36.1 Å². The van der Waals surface area contributed by atoms with Gasteiger partial charge in [-0.05, 0) is 76.3 Å². The molecule has 3 heteroatoms. The highest BCUT2D eigenvalue weighted by molar-refractivity contribution is 5.84. The molecular formula is C26H43NO2. The van der Waals surface area contributed by atoms with Crippen molar-refractivity contribution in [1.29, 1.82) is 0 Å². The van der Waals surface area contributed by atoms with Crippen molar-refractivity contribution in [3.05, 3.63) is 0 Å². The topological polar surface area (TPSA) is 37.4 Å². The van der Waals surface area contributed by atoms with Crippen LogP contribution < -0.4 is 0 Å². The Kier molecular flexibility index (Phi) is 7.83. The van der Waals surface area contributed by atoms with E-state index in [1.165, 1.54) is 64.2 Å². The van der Waals surface area contributed by atoms with Crippen molar-refractivity contribution in [3.8, 4) is 0 Å². The third-order valence-corrected chi connectivity index (χ3v) is 8.92. The predicted octanol–water partition coefficient (Wildman–Crippen LogP) is 5.80. The summed E-state index contributed by atoms with van der Waals surface area (Å²) in [6.45, 7) is 2.54. The molecule has 1 saturated heterocycles. The first-order valence-electron chi connectivity index (χ1n) is 13.0. The Labute approximate surface area is 178 Å². The molecule has 4 aliphatic rings. The number of rotatable bonds is 6. The molecular weight excluding hydrogens is 358 g/mol. The molecule has 0 spiro atoms. The van der Waals surface area contributed by atoms with E-state index in [0.29, 0.717) is 29.9 Å². The highest BCUT2D eigenvalue weighted by atomic mass is 16.1. The van der Waals surface area contributed by atoms with E-state index >= 15 is 0 Å². The van der Waals surface area contributed by atoms with E-state index in [0.717, 1.165) is 63.5 Å². The van der Waals surface area contributed by atoms with Crippen molar-refractivity contribution in [3.63, 3.8) is 0 Å². The highest BCUT2D eigenvalue weighted by Crippen LogP contribution is 2.40. The minimum atomic E-state index is 0.274. The van der Waals surface area contributed by atoms with E-state index in [9.17, 15) is 9.59 Å². The molecule has 4 rings (SSSR count). The minimum absolute atomic E-state index is 0.274. The molecule has 0 aromatic rings. The molecule has 3 aliphatic carbocycles. The van der Waals surface area contributed by atoms with Crippen molar-refractivity contribution in [1.82, 2.24) is 4.90 Å². The van der Waals surface area contributed by atoms with Crippen molar-refractivity contribution < 1.29 is 9.59 Å². The van der Waals surface area contributed by atoms with Crippen LogP contribution in [0, 0.1) is 29.6 Å². The van der Waals surface area contributed by atoms with E-state index < -0.39 is 0 Å². The number of carbonyl (C=O) groups is 2. The van der Waals surface area contributed by atoms with Crippen molar-refractivity contribution in [2.75, 3.05) is 19.6 Å². The summed E-state index contributed by atoms with van der Waals surface area (Å²) in [7, 11) is 0. The molecule has 4 fully saturated rings. The fourth-order valence-corrected chi connectivity index (χ4v) is 6.96. The molecule has 1 heterocycles. The number of hydrogen-bond acceptors (Lipinski definition) is 3. The number of Topliss-reactive ketones (excluding diaryl/α,β-unsaturated/α-hetero) is 2. The van der Waals surface area contributed by atoms with Gasteiger partial charge < -0.3 is 0 Å². The number of hydrogen-bond donors (Lipinski definition) is 0. The van der Waals surface area contributed by atoms with Gasteiger partial charge in [-0.2, -0.15) is 0 Å². The summed E-state index contributed by atoms with van der Waals surface area (Å²) in [5, 5.41) is 0. The second-order valence-electron chi connectivity index (χ2n) is 10.8. The molecule has 1 aliphatic heterocycles. The lowest BCUT2D eigenvalue weighted by Crippen LogP contribution is -2.42. The summed E-state index contributed by atoms with van der Waals surface area (Å²) in [5.74, 6) is 3.84. The van der Waals surface area contributed by atoms with Crippen LogP contribution in [0.1, 0.15) is 103 Å². The molecule has 0 radical (unpaired) electrons. The van der Waals surface area contributed by atoms with Crippen LogP contribution in [-0.2, 0) is 9.59 Å². The van der Waals surface area contributed by atoms with Gasteiger partial charge in [-0.15, -0.1) is 0 Å². The van der Waals surface area contributed by atoms with Crippen molar-refractivity contribution >= 4 is 11.6 Å². The first kappa shape index (κ1) is 21.5. The Morgan fingerprint density at radius 2 is 1.07 bits per heavy atom. The SMILES string of the molecule is O=C(CN1CCC(C(=O)C2CCCCC2)CC1)C1CCC(C2CCCCC2)CC1. The Bertz CT molecular complexity index is 531. The summed E-state index contributed by atoms with van der Waals surface area (Å²) in [4.78, 5) is 28.1. The Morgan fingerprint density at radius 1 is 0.552 bits per heavy atom. The van der Waals surface area contributed by atoms with Gasteiger partial charge in [0.25, 0.3) is 0 Å². The molecule has 0 N–H and O–H groups in total. The van der Waals surface area contributed by atoms with Gasteiger partial charge in [-0.1, -0.05) is 51.4 Å². The van der Waals surface area contributed by atoms with Crippen LogP contribution >= 0.6 is 0 Å². The lowest BCUT2D eigenvalue weighted by atomic mass is 9.70. The molecule has 29 heavy (non-hydrogen) atoms. The number of carbonyl (C=O) groups excluding carboxylic acids is 2. The van der Waals surface area contributed by atoms with E-state index in [-0.39, 0.29) is 5.92 Å². The molecule has 0 aromatic heterocycles. The average Bonchev–Trinajstić information content (AvgIpc) is 2.80. The first-order chi connectivity index (χ1) is 14.2. The fraction of sp³-hybridized carbons (Fsp3) is 0.923. The highest BCUT2D eigenvalue weighted by Gasteiger charge is 2.34. The van der Waals surface area contributed by atoms with Gasteiger partial charge >= 0.3 is 0 Å². The van der Waals surface area contributed by atoms with Crippen LogP contribution in [0.5, 0.6) is 0 Å². The molecule has 0 aromatic carbocycles. The first-order valence-corrected chi connectivity index (χ1v) is 13.0. The van der Waals surface area contributed by atoms with Gasteiger partial charge in [0.05, 0.1) is 6.54 Å². The molecule has 3 saturated carbocycles. The third-order valence-electron chi connectivity index (χ3n) is 8.92. The lowest BCUT2D eigenvalue weighted by molar-refractivity contribution is -0.129. The zero-order valence-corrected chi connectivity index (χ0v) is 18.6. The second kappa shape index (κ2) is 10.6. The van der Waals surface area contributed by atoms with E-state index in [1.807, 2.05) is 0 Å². The molecule has 0 unspecified atom stereocenters. The van der Waals surface area contributed by atoms with E-state index in [4.69, 9.17) is 0 Å². The quantitative estimate of drug-likeness (QED) is 0.564. The Hall–Kier alpha value is -0.700. The largest absolute Gasteiger partial charge is 0.299 e. The van der Waals surface area contributed by atoms with Crippen molar-refractivity contribution in [2.24, 2.45) is 29.6 Å². The minimum Gasteiger partial charge on any atom is -0.299 e.